The van der Waals surface area contributed by atoms with E-state index in [1.807, 2.05) is 16.7 Å². The average molecular weight is 338 g/mol. The van der Waals surface area contributed by atoms with Gasteiger partial charge in [0.2, 0.25) is 11.7 Å². The van der Waals surface area contributed by atoms with Crippen molar-refractivity contribution in [2.24, 2.45) is 5.92 Å². The molecule has 3 aromatic rings. The second kappa shape index (κ2) is 5.70. The minimum absolute atomic E-state index is 0.112. The third-order valence-corrected chi connectivity index (χ3v) is 5.12. The Kier molecular flexibility index (Phi) is 3.34. The molecule has 0 unspecified atom stereocenters. The van der Waals surface area contributed by atoms with Crippen molar-refractivity contribution >= 4 is 0 Å². The second-order valence-corrected chi connectivity index (χ2v) is 6.88. The molecule has 0 saturated carbocycles. The molecule has 0 spiro atoms. The van der Waals surface area contributed by atoms with Gasteiger partial charge >= 0.3 is 0 Å². The van der Waals surface area contributed by atoms with Crippen LogP contribution in [0.3, 0.4) is 0 Å². The van der Waals surface area contributed by atoms with Gasteiger partial charge in [-0.2, -0.15) is 4.98 Å². The van der Waals surface area contributed by atoms with E-state index >= 15 is 0 Å². The zero-order valence-corrected chi connectivity index (χ0v) is 13.7. The third-order valence-electron chi connectivity index (χ3n) is 5.12. The molecule has 0 aromatic carbocycles. The van der Waals surface area contributed by atoms with Crippen LogP contribution in [-0.4, -0.2) is 32.7 Å². The van der Waals surface area contributed by atoms with Crippen molar-refractivity contribution in [2.75, 3.05) is 13.1 Å². The van der Waals surface area contributed by atoms with Gasteiger partial charge in [0, 0.05) is 37.3 Å². The molecule has 5 heterocycles. The van der Waals surface area contributed by atoms with E-state index in [1.165, 1.54) is 0 Å². The van der Waals surface area contributed by atoms with Gasteiger partial charge < -0.3 is 13.5 Å². The van der Waals surface area contributed by atoms with Gasteiger partial charge in [-0.25, -0.2) is 0 Å². The standard InChI is InChI=1S/C18H18N4O3/c23-17-5-1-3-14-13-7-12(9-22(14)17)8-21(10-13)11-16-19-18(20-25-16)15-4-2-6-24-15/h1-6,12-13H,7-11H2/t12-,13-/m0/s1. The molecule has 1 fully saturated rings. The van der Waals surface area contributed by atoms with Crippen molar-refractivity contribution < 1.29 is 8.94 Å². The number of nitrogens with zero attached hydrogens (tertiary/aromatic N) is 4. The maximum Gasteiger partial charge on any atom is 0.250 e. The predicted octanol–water partition coefficient (Wildman–Crippen LogP) is 2.11. The Bertz CT molecular complexity index is 943. The number of hydrogen-bond donors (Lipinski definition) is 0. The Balaban J connectivity index is 1.35. The number of rotatable bonds is 3. The van der Waals surface area contributed by atoms with Gasteiger partial charge in [0.1, 0.15) is 0 Å². The van der Waals surface area contributed by atoms with Crippen molar-refractivity contribution in [3.63, 3.8) is 0 Å². The first kappa shape index (κ1) is 14.7. The third kappa shape index (κ3) is 2.60. The maximum absolute atomic E-state index is 12.1. The highest BCUT2D eigenvalue weighted by atomic mass is 16.5. The molecule has 2 aliphatic heterocycles. The van der Waals surface area contributed by atoms with Crippen LogP contribution in [0.25, 0.3) is 11.6 Å². The van der Waals surface area contributed by atoms with Crippen LogP contribution in [0, 0.1) is 5.92 Å². The minimum Gasteiger partial charge on any atom is -0.461 e. The summed E-state index contributed by atoms with van der Waals surface area (Å²) in [6.07, 6.45) is 2.73. The number of pyridine rings is 1. The number of likely N-dealkylation sites (tertiary alicyclic amines) is 1. The van der Waals surface area contributed by atoms with E-state index in [4.69, 9.17) is 8.94 Å². The van der Waals surface area contributed by atoms with Crippen molar-refractivity contribution in [3.05, 3.63) is 58.5 Å². The van der Waals surface area contributed by atoms with Gasteiger partial charge in [0.15, 0.2) is 5.76 Å². The minimum atomic E-state index is 0.112. The lowest BCUT2D eigenvalue weighted by Crippen LogP contribution is -2.46. The van der Waals surface area contributed by atoms with Crippen LogP contribution in [0.15, 0.2) is 50.3 Å². The number of hydrogen-bond acceptors (Lipinski definition) is 6. The molecular formula is C18H18N4O3. The molecule has 3 aromatic heterocycles. The Morgan fingerprint density at radius 3 is 3.00 bits per heavy atom. The lowest BCUT2D eigenvalue weighted by molar-refractivity contribution is 0.104. The molecule has 7 heteroatoms. The molecule has 2 bridgehead atoms. The van der Waals surface area contributed by atoms with Crippen LogP contribution < -0.4 is 5.56 Å². The first-order valence-corrected chi connectivity index (χ1v) is 8.55. The van der Waals surface area contributed by atoms with Gasteiger partial charge in [0.25, 0.3) is 5.56 Å². The largest absolute Gasteiger partial charge is 0.461 e. The molecule has 2 atom stereocenters. The van der Waals surface area contributed by atoms with Crippen LogP contribution in [0.4, 0.5) is 0 Å². The number of fused-ring (bicyclic) bond motifs is 4. The Morgan fingerprint density at radius 1 is 1.16 bits per heavy atom. The molecule has 0 amide bonds. The van der Waals surface area contributed by atoms with Gasteiger partial charge in [-0.1, -0.05) is 11.2 Å². The fraction of sp³-hybridized carbons (Fsp3) is 0.389. The van der Waals surface area contributed by atoms with E-state index in [-0.39, 0.29) is 5.56 Å². The van der Waals surface area contributed by atoms with E-state index in [2.05, 4.69) is 21.1 Å². The zero-order chi connectivity index (χ0) is 16.8. The van der Waals surface area contributed by atoms with Crippen LogP contribution >= 0.6 is 0 Å². The summed E-state index contributed by atoms with van der Waals surface area (Å²) < 4.78 is 12.6. The summed E-state index contributed by atoms with van der Waals surface area (Å²) in [5, 5.41) is 3.99. The fourth-order valence-corrected chi connectivity index (χ4v) is 4.14. The highest BCUT2D eigenvalue weighted by molar-refractivity contribution is 5.44. The predicted molar refractivity (Wildman–Crippen MR) is 88.8 cm³/mol. The summed E-state index contributed by atoms with van der Waals surface area (Å²) in [5.41, 5.74) is 1.26. The van der Waals surface area contributed by atoms with Crippen LogP contribution in [0.1, 0.15) is 23.9 Å². The van der Waals surface area contributed by atoms with Gasteiger partial charge in [0.05, 0.1) is 12.8 Å². The van der Waals surface area contributed by atoms with Crippen LogP contribution in [0.5, 0.6) is 0 Å². The monoisotopic (exact) mass is 338 g/mol. The molecule has 1 saturated heterocycles. The molecular weight excluding hydrogens is 320 g/mol. The summed E-state index contributed by atoms with van der Waals surface area (Å²) in [4.78, 5) is 18.9. The van der Waals surface area contributed by atoms with E-state index in [0.717, 1.165) is 31.7 Å². The first-order valence-electron chi connectivity index (χ1n) is 8.55. The molecule has 128 valence electrons. The number of aromatic nitrogens is 3. The summed E-state index contributed by atoms with van der Waals surface area (Å²) in [5.74, 6) is 2.55. The topological polar surface area (TPSA) is 77.3 Å². The van der Waals surface area contributed by atoms with Crippen molar-refractivity contribution in [3.8, 4) is 11.6 Å². The molecule has 0 radical (unpaired) electrons. The highest BCUT2D eigenvalue weighted by Gasteiger charge is 2.34. The summed E-state index contributed by atoms with van der Waals surface area (Å²) in [6.45, 7) is 3.26. The zero-order valence-electron chi connectivity index (χ0n) is 13.7. The molecule has 2 aliphatic rings. The number of piperidine rings is 1. The molecule has 25 heavy (non-hydrogen) atoms. The van der Waals surface area contributed by atoms with E-state index in [9.17, 15) is 4.79 Å². The van der Waals surface area contributed by atoms with Crippen LogP contribution in [0.2, 0.25) is 0 Å². The molecule has 0 N–H and O–H groups in total. The van der Waals surface area contributed by atoms with Crippen molar-refractivity contribution in [1.29, 1.82) is 0 Å². The van der Waals surface area contributed by atoms with Gasteiger partial charge in [-0.05, 0) is 30.5 Å². The van der Waals surface area contributed by atoms with Gasteiger partial charge in [-0.3, -0.25) is 9.69 Å². The lowest BCUT2D eigenvalue weighted by atomic mass is 9.83. The Morgan fingerprint density at radius 2 is 2.12 bits per heavy atom. The number of furan rings is 1. The van der Waals surface area contributed by atoms with E-state index in [1.54, 1.807) is 18.4 Å². The molecule has 7 nitrogen and oxygen atoms in total. The van der Waals surface area contributed by atoms with Crippen LogP contribution in [-0.2, 0) is 13.1 Å². The smallest absolute Gasteiger partial charge is 0.250 e. The summed E-state index contributed by atoms with van der Waals surface area (Å²) in [7, 11) is 0. The van der Waals surface area contributed by atoms with Gasteiger partial charge in [-0.15, -0.1) is 0 Å². The Labute approximate surface area is 143 Å². The Hall–Kier alpha value is -2.67. The lowest BCUT2D eigenvalue weighted by Gasteiger charge is -2.42. The van der Waals surface area contributed by atoms with Crippen molar-refractivity contribution in [2.45, 2.75) is 25.4 Å². The SMILES string of the molecule is O=c1cccc2n1C[C@H]1C[C@H]2CN(Cc2nc(-c3ccco3)no2)C1. The van der Waals surface area contributed by atoms with E-state index < -0.39 is 0 Å². The highest BCUT2D eigenvalue weighted by Crippen LogP contribution is 2.35. The first-order chi connectivity index (χ1) is 12.3. The van der Waals surface area contributed by atoms with Crippen molar-refractivity contribution in [1.82, 2.24) is 19.6 Å². The second-order valence-electron chi connectivity index (χ2n) is 6.88. The summed E-state index contributed by atoms with van der Waals surface area (Å²) in [6, 6.07) is 9.21. The molecule has 5 rings (SSSR count). The fourth-order valence-electron chi connectivity index (χ4n) is 4.14. The average Bonchev–Trinajstić information content (AvgIpc) is 3.27. The quantitative estimate of drug-likeness (QED) is 0.728. The maximum atomic E-state index is 12.1. The summed E-state index contributed by atoms with van der Waals surface area (Å²) >= 11 is 0. The normalized spacial score (nSPS) is 22.7. The van der Waals surface area contributed by atoms with E-state index in [0.29, 0.717) is 35.9 Å². The molecule has 0 aliphatic carbocycles.